The molecule has 7 nitrogen and oxygen atoms in total. The summed E-state index contributed by atoms with van der Waals surface area (Å²) in [7, 11) is -0.362. The van der Waals surface area contributed by atoms with E-state index in [1.807, 2.05) is 45.0 Å². The largest absolute Gasteiger partial charge is 0.368 e. The zero-order valence-corrected chi connectivity index (χ0v) is 22.2. The van der Waals surface area contributed by atoms with E-state index in [4.69, 9.17) is 0 Å². The predicted molar refractivity (Wildman–Crippen MR) is 140 cm³/mol. The molecular weight excluding hydrogens is 472 g/mol. The quantitative estimate of drug-likeness (QED) is 0.566. The van der Waals surface area contributed by atoms with Gasteiger partial charge in [-0.2, -0.15) is 0 Å². The molecule has 2 aromatic carbocycles. The number of aliphatic imine (C=N–C) groups is 1. The van der Waals surface area contributed by atoms with Crippen molar-refractivity contribution in [2.75, 3.05) is 40.3 Å². The first-order valence-electron chi connectivity index (χ1n) is 11.3. The lowest BCUT2D eigenvalue weighted by Crippen LogP contribution is -2.34. The number of halogens is 1. The molecule has 1 amide bonds. The molecule has 1 aliphatic heterocycles. The van der Waals surface area contributed by atoms with Crippen molar-refractivity contribution in [3.8, 4) is 0 Å². The first-order chi connectivity index (χ1) is 15.6. The summed E-state index contributed by atoms with van der Waals surface area (Å²) in [5, 5.41) is 3.26. The molecule has 0 aromatic heterocycles. The fourth-order valence-corrected chi connectivity index (χ4v) is 5.71. The SMILES string of the molecule is Cc1cc(C)c(S(=O)(=O)N(C)CCC(=O)N(C)CCc2ccc(C3=NCCN3)cc2)c(C)c1.Cl. The Kier molecular flexibility index (Phi) is 9.67. The number of nitrogens with zero attached hydrogens (tertiary/aromatic N) is 3. The van der Waals surface area contributed by atoms with Gasteiger partial charge in [-0.3, -0.25) is 9.79 Å². The first-order valence-corrected chi connectivity index (χ1v) is 12.7. The van der Waals surface area contributed by atoms with Crippen molar-refractivity contribution < 1.29 is 13.2 Å². The predicted octanol–water partition coefficient (Wildman–Crippen LogP) is 3.10. The average molecular weight is 507 g/mol. The molecule has 3 rings (SSSR count). The van der Waals surface area contributed by atoms with E-state index < -0.39 is 10.0 Å². The summed E-state index contributed by atoms with van der Waals surface area (Å²) in [6, 6.07) is 12.0. The van der Waals surface area contributed by atoms with Crippen LogP contribution in [0.5, 0.6) is 0 Å². The van der Waals surface area contributed by atoms with Gasteiger partial charge in [0.25, 0.3) is 0 Å². The molecule has 0 atom stereocenters. The van der Waals surface area contributed by atoms with Crippen LogP contribution in [0, 0.1) is 20.8 Å². The molecule has 0 saturated heterocycles. The molecular formula is C25H35ClN4O3S. The number of nitrogens with one attached hydrogen (secondary N) is 1. The van der Waals surface area contributed by atoms with Gasteiger partial charge in [0.05, 0.1) is 11.4 Å². The van der Waals surface area contributed by atoms with E-state index in [9.17, 15) is 13.2 Å². The third-order valence-electron chi connectivity index (χ3n) is 5.98. The number of aryl methyl sites for hydroxylation is 3. The number of hydrogen-bond donors (Lipinski definition) is 1. The lowest BCUT2D eigenvalue weighted by molar-refractivity contribution is -0.129. The molecule has 0 saturated carbocycles. The summed E-state index contributed by atoms with van der Waals surface area (Å²) in [6.07, 6.45) is 0.874. The minimum atomic E-state index is -3.66. The lowest BCUT2D eigenvalue weighted by Gasteiger charge is -2.22. The van der Waals surface area contributed by atoms with E-state index >= 15 is 0 Å². The Labute approximate surface area is 209 Å². The van der Waals surface area contributed by atoms with Crippen molar-refractivity contribution in [3.63, 3.8) is 0 Å². The van der Waals surface area contributed by atoms with E-state index in [-0.39, 0.29) is 31.3 Å². The minimum Gasteiger partial charge on any atom is -0.368 e. The smallest absolute Gasteiger partial charge is 0.243 e. The van der Waals surface area contributed by atoms with Crippen LogP contribution in [-0.4, -0.2) is 69.6 Å². The highest BCUT2D eigenvalue weighted by Crippen LogP contribution is 2.24. The topological polar surface area (TPSA) is 82.1 Å². The number of amides is 1. The van der Waals surface area contributed by atoms with E-state index in [2.05, 4.69) is 22.4 Å². The summed E-state index contributed by atoms with van der Waals surface area (Å²) >= 11 is 0. The van der Waals surface area contributed by atoms with Crippen LogP contribution in [0.4, 0.5) is 0 Å². The van der Waals surface area contributed by atoms with Crippen LogP contribution in [0.15, 0.2) is 46.3 Å². The van der Waals surface area contributed by atoms with Gasteiger partial charge in [-0.05, 0) is 43.9 Å². The highest BCUT2D eigenvalue weighted by Gasteiger charge is 2.25. The molecule has 34 heavy (non-hydrogen) atoms. The summed E-state index contributed by atoms with van der Waals surface area (Å²) in [4.78, 5) is 19.0. The van der Waals surface area contributed by atoms with Crippen molar-refractivity contribution in [1.29, 1.82) is 0 Å². The molecule has 1 aliphatic rings. The molecule has 0 radical (unpaired) electrons. The molecule has 9 heteroatoms. The maximum absolute atomic E-state index is 13.1. The van der Waals surface area contributed by atoms with Crippen molar-refractivity contribution in [2.45, 2.75) is 38.5 Å². The van der Waals surface area contributed by atoms with Gasteiger partial charge in [0, 0.05) is 45.7 Å². The number of hydrogen-bond acceptors (Lipinski definition) is 5. The molecule has 1 heterocycles. The van der Waals surface area contributed by atoms with Gasteiger partial charge < -0.3 is 10.2 Å². The number of sulfonamides is 1. The lowest BCUT2D eigenvalue weighted by atomic mass is 10.1. The first kappa shape index (κ1) is 27.8. The van der Waals surface area contributed by atoms with Crippen molar-refractivity contribution in [2.24, 2.45) is 4.99 Å². The van der Waals surface area contributed by atoms with Gasteiger partial charge in [-0.15, -0.1) is 12.4 Å². The second-order valence-electron chi connectivity index (χ2n) is 8.72. The number of benzene rings is 2. The van der Waals surface area contributed by atoms with Crippen molar-refractivity contribution in [1.82, 2.24) is 14.5 Å². The van der Waals surface area contributed by atoms with Gasteiger partial charge in [0.1, 0.15) is 5.84 Å². The highest BCUT2D eigenvalue weighted by atomic mass is 35.5. The Hall–Kier alpha value is -2.42. The molecule has 1 N–H and O–H groups in total. The molecule has 0 fully saturated rings. The second-order valence-corrected chi connectivity index (χ2v) is 10.7. The molecule has 0 spiro atoms. The van der Waals surface area contributed by atoms with Gasteiger partial charge in [0.15, 0.2) is 0 Å². The number of carbonyl (C=O) groups is 1. The van der Waals surface area contributed by atoms with Crippen molar-refractivity contribution >= 4 is 34.2 Å². The van der Waals surface area contributed by atoms with Gasteiger partial charge in [0.2, 0.25) is 15.9 Å². The van der Waals surface area contributed by atoms with Crippen LogP contribution in [0.1, 0.15) is 34.2 Å². The van der Waals surface area contributed by atoms with Crippen molar-refractivity contribution in [3.05, 3.63) is 64.2 Å². The Morgan fingerprint density at radius 2 is 1.65 bits per heavy atom. The number of likely N-dealkylation sites (N-methyl/N-ethyl adjacent to an activating group) is 1. The standard InChI is InChI=1S/C25H34N4O3S.ClH/c1-18-16-19(2)24(20(3)17-18)33(31,32)29(5)15-11-23(30)28(4)14-10-21-6-8-22(9-7-21)25-26-12-13-27-25;/h6-9,16-17H,10-15H2,1-5H3,(H,26,27);1H. The van der Waals surface area contributed by atoms with Crippen LogP contribution in [0.25, 0.3) is 0 Å². The van der Waals surface area contributed by atoms with Crippen LogP contribution < -0.4 is 5.32 Å². The molecule has 0 bridgehead atoms. The van der Waals surface area contributed by atoms with E-state index in [0.717, 1.165) is 53.2 Å². The fourth-order valence-electron chi connectivity index (χ4n) is 4.14. The third-order valence-corrected chi connectivity index (χ3v) is 8.14. The highest BCUT2D eigenvalue weighted by molar-refractivity contribution is 7.89. The van der Waals surface area contributed by atoms with E-state index in [0.29, 0.717) is 11.4 Å². The normalized spacial score (nSPS) is 13.3. The van der Waals surface area contributed by atoms with E-state index in [1.54, 1.807) is 11.9 Å². The molecule has 186 valence electrons. The summed E-state index contributed by atoms with van der Waals surface area (Å²) in [5.74, 6) is 0.861. The summed E-state index contributed by atoms with van der Waals surface area (Å²) < 4.78 is 27.5. The van der Waals surface area contributed by atoms with Crippen LogP contribution in [0.3, 0.4) is 0 Å². The molecule has 2 aromatic rings. The average Bonchev–Trinajstić information content (AvgIpc) is 3.29. The Morgan fingerprint density at radius 3 is 2.21 bits per heavy atom. The van der Waals surface area contributed by atoms with Crippen LogP contribution in [-0.2, 0) is 21.2 Å². The zero-order chi connectivity index (χ0) is 24.2. The van der Waals surface area contributed by atoms with Gasteiger partial charge >= 0.3 is 0 Å². The second kappa shape index (κ2) is 11.8. The fraction of sp³-hybridized carbons (Fsp3) is 0.440. The van der Waals surface area contributed by atoms with Crippen LogP contribution >= 0.6 is 12.4 Å². The maximum Gasteiger partial charge on any atom is 0.243 e. The summed E-state index contributed by atoms with van der Waals surface area (Å²) in [5.41, 5.74) is 4.70. The summed E-state index contributed by atoms with van der Waals surface area (Å²) in [6.45, 7) is 7.97. The van der Waals surface area contributed by atoms with Gasteiger partial charge in [-0.25, -0.2) is 12.7 Å². The number of carbonyl (C=O) groups excluding carboxylic acids is 1. The molecule has 0 unspecified atom stereocenters. The monoisotopic (exact) mass is 506 g/mol. The van der Waals surface area contributed by atoms with Gasteiger partial charge in [-0.1, -0.05) is 42.0 Å². The maximum atomic E-state index is 13.1. The Bertz CT molecular complexity index is 1120. The third kappa shape index (κ3) is 6.58. The van der Waals surface area contributed by atoms with Crippen LogP contribution in [0.2, 0.25) is 0 Å². The number of amidine groups is 1. The number of rotatable bonds is 9. The Balaban J connectivity index is 0.00000408. The Morgan fingerprint density at radius 1 is 1.03 bits per heavy atom. The van der Waals surface area contributed by atoms with E-state index in [1.165, 1.54) is 11.4 Å². The zero-order valence-electron chi connectivity index (χ0n) is 20.6. The minimum absolute atomic E-state index is 0. The molecule has 0 aliphatic carbocycles.